The van der Waals surface area contributed by atoms with Crippen LogP contribution in [-0.2, 0) is 0 Å². The predicted octanol–water partition coefficient (Wildman–Crippen LogP) is 1.96. The molecule has 5 nitrogen and oxygen atoms in total. The predicted molar refractivity (Wildman–Crippen MR) is 82.9 cm³/mol. The van der Waals surface area contributed by atoms with Gasteiger partial charge in [0.25, 0.3) is 0 Å². The van der Waals surface area contributed by atoms with Gasteiger partial charge in [-0.15, -0.1) is 0 Å². The first kappa shape index (κ1) is 14.9. The minimum atomic E-state index is 0.0432. The van der Waals surface area contributed by atoms with Crippen LogP contribution in [0.5, 0.6) is 0 Å². The van der Waals surface area contributed by atoms with Crippen molar-refractivity contribution in [3.63, 3.8) is 0 Å². The second-order valence-electron chi connectivity index (χ2n) is 5.29. The Bertz CT molecular complexity index is 506. The zero-order chi connectivity index (χ0) is 14.7. The number of hydrogen-bond acceptors (Lipinski definition) is 4. The van der Waals surface area contributed by atoms with E-state index in [9.17, 15) is 0 Å². The van der Waals surface area contributed by atoms with Crippen LogP contribution in [0.3, 0.4) is 0 Å². The minimum absolute atomic E-state index is 0.0432. The Hall–Kier alpha value is -1.46. The van der Waals surface area contributed by atoms with E-state index in [0.717, 1.165) is 25.2 Å². The van der Waals surface area contributed by atoms with Gasteiger partial charge in [-0.1, -0.05) is 22.8 Å². The van der Waals surface area contributed by atoms with Gasteiger partial charge in [0.15, 0.2) is 5.84 Å². The zero-order valence-corrected chi connectivity index (χ0v) is 12.6. The second kappa shape index (κ2) is 6.33. The molecule has 20 heavy (non-hydrogen) atoms. The maximum Gasteiger partial charge on any atom is 0.173 e. The monoisotopic (exact) mass is 296 g/mol. The lowest BCUT2D eigenvalue weighted by Crippen LogP contribution is -2.45. The number of likely N-dealkylation sites (N-methyl/N-ethyl adjacent to an activating group) is 2. The summed E-state index contributed by atoms with van der Waals surface area (Å²) >= 11 is 6.21. The number of benzene rings is 1. The highest BCUT2D eigenvalue weighted by atomic mass is 35.5. The summed E-state index contributed by atoms with van der Waals surface area (Å²) in [6.45, 7) is 2.13. The summed E-state index contributed by atoms with van der Waals surface area (Å²) in [6.07, 6.45) is 2.30. The summed E-state index contributed by atoms with van der Waals surface area (Å²) in [5, 5.41) is 12.5. The molecule has 1 aliphatic heterocycles. The summed E-state index contributed by atoms with van der Waals surface area (Å²) in [5.41, 5.74) is 7.26. The highest BCUT2D eigenvalue weighted by molar-refractivity contribution is 6.34. The molecule has 1 unspecified atom stereocenters. The molecule has 1 saturated heterocycles. The molecule has 0 radical (unpaired) electrons. The van der Waals surface area contributed by atoms with Gasteiger partial charge in [-0.05, 0) is 38.6 Å². The average Bonchev–Trinajstić information content (AvgIpc) is 2.45. The van der Waals surface area contributed by atoms with Crippen LogP contribution >= 0.6 is 11.6 Å². The molecule has 6 heteroatoms. The van der Waals surface area contributed by atoms with Crippen molar-refractivity contribution in [3.8, 4) is 0 Å². The quantitative estimate of drug-likeness (QED) is 0.387. The van der Waals surface area contributed by atoms with Crippen LogP contribution in [-0.4, -0.2) is 49.2 Å². The molecule has 0 saturated carbocycles. The number of hydrogen-bond donors (Lipinski definition) is 2. The average molecular weight is 297 g/mol. The number of oxime groups is 1. The molecular formula is C14H21ClN4O. The molecule has 1 aromatic carbocycles. The van der Waals surface area contributed by atoms with Gasteiger partial charge in [0.05, 0.1) is 10.6 Å². The third kappa shape index (κ3) is 2.99. The van der Waals surface area contributed by atoms with Crippen molar-refractivity contribution in [2.45, 2.75) is 18.9 Å². The van der Waals surface area contributed by atoms with E-state index in [1.54, 1.807) is 6.07 Å². The Balaban J connectivity index is 2.34. The van der Waals surface area contributed by atoms with Gasteiger partial charge in [0.2, 0.25) is 0 Å². The molecule has 0 aromatic heterocycles. The number of nitrogens with two attached hydrogens (primary N) is 1. The fraction of sp³-hybridized carbons (Fsp3) is 0.500. The first-order valence-electron chi connectivity index (χ1n) is 6.72. The highest BCUT2D eigenvalue weighted by Crippen LogP contribution is 2.29. The number of amidine groups is 1. The summed E-state index contributed by atoms with van der Waals surface area (Å²) < 4.78 is 0. The third-order valence-electron chi connectivity index (χ3n) is 3.88. The van der Waals surface area contributed by atoms with Gasteiger partial charge in [-0.2, -0.15) is 0 Å². The van der Waals surface area contributed by atoms with Crippen molar-refractivity contribution >= 4 is 23.1 Å². The molecule has 1 atom stereocenters. The van der Waals surface area contributed by atoms with Crippen molar-refractivity contribution < 1.29 is 5.21 Å². The molecule has 1 aliphatic rings. The maximum absolute atomic E-state index is 8.95. The lowest BCUT2D eigenvalue weighted by atomic mass is 10.0. The highest BCUT2D eigenvalue weighted by Gasteiger charge is 2.24. The largest absolute Gasteiger partial charge is 0.409 e. The van der Waals surface area contributed by atoms with Crippen LogP contribution < -0.4 is 10.6 Å². The topological polar surface area (TPSA) is 65.1 Å². The van der Waals surface area contributed by atoms with E-state index in [-0.39, 0.29) is 5.84 Å². The first-order valence-corrected chi connectivity index (χ1v) is 7.10. The molecule has 1 fully saturated rings. The maximum atomic E-state index is 8.95. The molecule has 1 heterocycles. The standard InChI is InChI=1S/C14H21ClN4O/c1-18-8-4-5-10(9-18)19(2)12-7-3-6-11(15)13(12)14(16)17-20/h3,6-7,10,20H,4-5,8-9H2,1-2H3,(H2,16,17). The molecule has 1 aromatic rings. The molecular weight excluding hydrogens is 276 g/mol. The summed E-state index contributed by atoms with van der Waals surface area (Å²) in [6, 6.07) is 5.99. The van der Waals surface area contributed by atoms with Crippen LogP contribution in [0.15, 0.2) is 23.4 Å². The van der Waals surface area contributed by atoms with E-state index in [1.807, 2.05) is 19.2 Å². The van der Waals surface area contributed by atoms with Crippen LogP contribution in [0, 0.1) is 0 Å². The summed E-state index contributed by atoms with van der Waals surface area (Å²) in [4.78, 5) is 4.49. The minimum Gasteiger partial charge on any atom is -0.409 e. The molecule has 0 aliphatic carbocycles. The van der Waals surface area contributed by atoms with Crippen molar-refractivity contribution in [2.24, 2.45) is 10.9 Å². The van der Waals surface area contributed by atoms with Crippen LogP contribution in [0.25, 0.3) is 0 Å². The van der Waals surface area contributed by atoms with Crippen LogP contribution in [0.2, 0.25) is 5.02 Å². The second-order valence-corrected chi connectivity index (χ2v) is 5.70. The number of anilines is 1. The number of nitrogens with zero attached hydrogens (tertiary/aromatic N) is 3. The van der Waals surface area contributed by atoms with Gasteiger partial charge in [-0.3, -0.25) is 0 Å². The Morgan fingerprint density at radius 1 is 1.55 bits per heavy atom. The molecule has 0 amide bonds. The van der Waals surface area contributed by atoms with E-state index < -0.39 is 0 Å². The first-order chi connectivity index (χ1) is 9.54. The van der Waals surface area contributed by atoms with Crippen molar-refractivity contribution in [1.82, 2.24) is 4.90 Å². The van der Waals surface area contributed by atoms with E-state index >= 15 is 0 Å². The number of rotatable bonds is 3. The molecule has 2 rings (SSSR count). The fourth-order valence-electron chi connectivity index (χ4n) is 2.76. The van der Waals surface area contributed by atoms with Crippen molar-refractivity contribution in [2.75, 3.05) is 32.1 Å². The van der Waals surface area contributed by atoms with Crippen molar-refractivity contribution in [3.05, 3.63) is 28.8 Å². The normalized spacial score (nSPS) is 20.9. The van der Waals surface area contributed by atoms with Gasteiger partial charge >= 0.3 is 0 Å². The van der Waals surface area contributed by atoms with E-state index in [0.29, 0.717) is 16.6 Å². The fourth-order valence-corrected chi connectivity index (χ4v) is 3.03. The van der Waals surface area contributed by atoms with E-state index in [4.69, 9.17) is 22.5 Å². The van der Waals surface area contributed by atoms with E-state index in [2.05, 4.69) is 22.0 Å². The van der Waals surface area contributed by atoms with Gasteiger partial charge in [0, 0.05) is 25.3 Å². The summed E-state index contributed by atoms with van der Waals surface area (Å²) in [7, 11) is 4.16. The van der Waals surface area contributed by atoms with Crippen molar-refractivity contribution in [1.29, 1.82) is 0 Å². The molecule has 0 bridgehead atoms. The zero-order valence-electron chi connectivity index (χ0n) is 11.9. The Labute approximate surface area is 124 Å². The Morgan fingerprint density at radius 2 is 2.30 bits per heavy atom. The molecule has 110 valence electrons. The SMILES string of the molecule is CN1CCCC(N(C)c2cccc(Cl)c2C(N)=NO)C1. The number of likely N-dealkylation sites (tertiary alicyclic amines) is 1. The molecule has 3 N–H and O–H groups in total. The number of piperidine rings is 1. The van der Waals surface area contributed by atoms with Gasteiger partial charge in [-0.25, -0.2) is 0 Å². The Kier molecular flexibility index (Phi) is 4.73. The molecule has 0 spiro atoms. The lowest BCUT2D eigenvalue weighted by molar-refractivity contribution is 0.248. The Morgan fingerprint density at radius 3 is 2.95 bits per heavy atom. The van der Waals surface area contributed by atoms with Crippen LogP contribution in [0.4, 0.5) is 5.69 Å². The lowest BCUT2D eigenvalue weighted by Gasteiger charge is -2.38. The number of halogens is 1. The third-order valence-corrected chi connectivity index (χ3v) is 4.20. The van der Waals surface area contributed by atoms with Gasteiger partial charge < -0.3 is 20.7 Å². The summed E-state index contributed by atoms with van der Waals surface area (Å²) in [5.74, 6) is 0.0432. The van der Waals surface area contributed by atoms with Crippen LogP contribution in [0.1, 0.15) is 18.4 Å². The van der Waals surface area contributed by atoms with Gasteiger partial charge in [0.1, 0.15) is 0 Å². The smallest absolute Gasteiger partial charge is 0.173 e. The van der Waals surface area contributed by atoms with E-state index in [1.165, 1.54) is 6.42 Å².